The van der Waals surface area contributed by atoms with Crippen LogP contribution in [0.2, 0.25) is 0 Å². The molecule has 0 aliphatic heterocycles. The predicted octanol–water partition coefficient (Wildman–Crippen LogP) is 2.93. The summed E-state index contributed by atoms with van der Waals surface area (Å²) >= 11 is 0. The first kappa shape index (κ1) is 16.9. The maximum absolute atomic E-state index is 12.4. The van der Waals surface area contributed by atoms with Crippen LogP contribution in [-0.4, -0.2) is 31.5 Å². The Labute approximate surface area is 114 Å². The van der Waals surface area contributed by atoms with E-state index < -0.39 is 41.4 Å². The van der Waals surface area contributed by atoms with Gasteiger partial charge in [-0.1, -0.05) is 6.07 Å². The second-order valence-corrected chi connectivity index (χ2v) is 3.80. The molecule has 0 amide bonds. The van der Waals surface area contributed by atoms with Gasteiger partial charge in [0.25, 0.3) is 6.10 Å². The van der Waals surface area contributed by atoms with Crippen molar-refractivity contribution < 1.29 is 40.6 Å². The zero-order valence-corrected chi connectivity index (χ0v) is 10.4. The first-order valence-corrected chi connectivity index (χ1v) is 5.25. The van der Waals surface area contributed by atoms with E-state index in [1.54, 1.807) is 0 Å². The van der Waals surface area contributed by atoms with Crippen molar-refractivity contribution in [2.45, 2.75) is 18.5 Å². The summed E-state index contributed by atoms with van der Waals surface area (Å²) < 4.78 is 82.9. The van der Waals surface area contributed by atoms with E-state index in [4.69, 9.17) is 5.73 Å². The third-order valence-electron chi connectivity index (χ3n) is 2.28. The normalized spacial score (nSPS) is 12.4. The number of carbonyl (C=O) groups is 1. The molecule has 4 nitrogen and oxygen atoms in total. The maximum Gasteiger partial charge on any atom is 0.434 e. The van der Waals surface area contributed by atoms with Crippen LogP contribution in [0.4, 0.5) is 32.0 Å². The molecule has 0 unspecified atom stereocenters. The van der Waals surface area contributed by atoms with Gasteiger partial charge in [-0.25, -0.2) is 4.79 Å². The molecule has 118 valence electrons. The number of esters is 1. The summed E-state index contributed by atoms with van der Waals surface area (Å²) in [6.45, 7) is 0. The molecule has 1 aromatic carbocycles. The summed E-state index contributed by atoms with van der Waals surface area (Å²) in [6, 6.07) is 3.08. The minimum absolute atomic E-state index is 0.559. The molecule has 0 atom stereocenters. The fourth-order valence-corrected chi connectivity index (χ4v) is 1.39. The molecule has 0 spiro atoms. The van der Waals surface area contributed by atoms with Crippen LogP contribution >= 0.6 is 0 Å². The number of rotatable bonds is 3. The third kappa shape index (κ3) is 3.92. The maximum atomic E-state index is 12.4. The van der Waals surface area contributed by atoms with Crippen LogP contribution in [0, 0.1) is 0 Å². The number of ether oxygens (including phenoxy) is 2. The molecule has 0 aliphatic carbocycles. The quantitative estimate of drug-likeness (QED) is 0.529. The second kappa shape index (κ2) is 5.70. The van der Waals surface area contributed by atoms with Crippen LogP contribution in [0.1, 0.15) is 10.4 Å². The molecule has 2 N–H and O–H groups in total. The monoisotopic (exact) mass is 317 g/mol. The standard InChI is InChI=1S/C11H9F6NO3/c1-20-8(19)5-3-2-4-6(18)7(5)21-9(10(12,13)14)11(15,16)17/h2-4,9H,18H2,1H3. The predicted molar refractivity (Wildman–Crippen MR) is 58.7 cm³/mol. The molecule has 1 rings (SSSR count). The number of anilines is 1. The van der Waals surface area contributed by atoms with Gasteiger partial charge in [0.1, 0.15) is 5.56 Å². The zero-order chi connectivity index (χ0) is 16.4. The van der Waals surface area contributed by atoms with Crippen molar-refractivity contribution in [3.05, 3.63) is 23.8 Å². The molecule has 0 aliphatic rings. The highest BCUT2D eigenvalue weighted by molar-refractivity contribution is 5.94. The minimum Gasteiger partial charge on any atom is -0.468 e. The zero-order valence-electron chi connectivity index (χ0n) is 10.4. The van der Waals surface area contributed by atoms with Gasteiger partial charge in [-0.2, -0.15) is 26.3 Å². The molecular formula is C11H9F6NO3. The molecule has 0 aromatic heterocycles. The Bertz CT molecular complexity index is 512. The third-order valence-corrected chi connectivity index (χ3v) is 2.28. The number of alkyl halides is 6. The van der Waals surface area contributed by atoms with E-state index in [-0.39, 0.29) is 0 Å². The van der Waals surface area contributed by atoms with Crippen molar-refractivity contribution in [3.63, 3.8) is 0 Å². The molecule has 10 heteroatoms. The minimum atomic E-state index is -5.73. The van der Waals surface area contributed by atoms with Gasteiger partial charge in [-0.05, 0) is 12.1 Å². The summed E-state index contributed by atoms with van der Waals surface area (Å²) in [6.07, 6.45) is -15.6. The lowest BCUT2D eigenvalue weighted by Crippen LogP contribution is -2.46. The number of hydrogen-bond acceptors (Lipinski definition) is 4. The summed E-state index contributed by atoms with van der Waals surface area (Å²) in [5, 5.41) is 0. The molecule has 0 saturated heterocycles. The summed E-state index contributed by atoms with van der Waals surface area (Å²) in [5.41, 5.74) is 4.08. The largest absolute Gasteiger partial charge is 0.468 e. The Kier molecular flexibility index (Phi) is 4.59. The number of nitrogen functional groups attached to an aromatic ring is 1. The van der Waals surface area contributed by atoms with E-state index in [9.17, 15) is 31.1 Å². The molecular weight excluding hydrogens is 308 g/mol. The highest BCUT2D eigenvalue weighted by Crippen LogP contribution is 2.39. The number of halogens is 6. The van der Waals surface area contributed by atoms with E-state index >= 15 is 0 Å². The lowest BCUT2D eigenvalue weighted by molar-refractivity contribution is -0.299. The topological polar surface area (TPSA) is 61.5 Å². The van der Waals surface area contributed by atoms with Crippen molar-refractivity contribution in [2.24, 2.45) is 0 Å². The fourth-order valence-electron chi connectivity index (χ4n) is 1.39. The molecule has 0 saturated carbocycles. The van der Waals surface area contributed by atoms with Crippen molar-refractivity contribution in [1.29, 1.82) is 0 Å². The van der Waals surface area contributed by atoms with E-state index in [1.165, 1.54) is 0 Å². The van der Waals surface area contributed by atoms with E-state index in [0.29, 0.717) is 0 Å². The average Bonchev–Trinajstić information content (AvgIpc) is 2.33. The lowest BCUT2D eigenvalue weighted by Gasteiger charge is -2.25. The molecule has 0 radical (unpaired) electrons. The highest BCUT2D eigenvalue weighted by Gasteiger charge is 2.59. The first-order valence-electron chi connectivity index (χ1n) is 5.25. The number of methoxy groups -OCH3 is 1. The number of benzene rings is 1. The van der Waals surface area contributed by atoms with Gasteiger partial charge < -0.3 is 15.2 Å². The summed E-state index contributed by atoms with van der Waals surface area (Å²) in [7, 11) is 0.903. The number of para-hydroxylation sites is 1. The first-order chi connectivity index (χ1) is 9.48. The highest BCUT2D eigenvalue weighted by atomic mass is 19.4. The van der Waals surface area contributed by atoms with Gasteiger partial charge in [-0.3, -0.25) is 0 Å². The Morgan fingerprint density at radius 1 is 1.14 bits per heavy atom. The van der Waals surface area contributed by atoms with Crippen LogP contribution in [0.5, 0.6) is 5.75 Å². The Hall–Kier alpha value is -2.13. The van der Waals surface area contributed by atoms with Crippen LogP contribution in [0.15, 0.2) is 18.2 Å². The van der Waals surface area contributed by atoms with Crippen LogP contribution in [0.3, 0.4) is 0 Å². The van der Waals surface area contributed by atoms with Gasteiger partial charge in [-0.15, -0.1) is 0 Å². The SMILES string of the molecule is COC(=O)c1cccc(N)c1OC(C(F)(F)F)C(F)(F)F. The van der Waals surface area contributed by atoms with E-state index in [0.717, 1.165) is 25.3 Å². The second-order valence-electron chi connectivity index (χ2n) is 3.80. The van der Waals surface area contributed by atoms with E-state index in [1.807, 2.05) is 0 Å². The van der Waals surface area contributed by atoms with E-state index in [2.05, 4.69) is 9.47 Å². The smallest absolute Gasteiger partial charge is 0.434 e. The van der Waals surface area contributed by atoms with Crippen molar-refractivity contribution in [3.8, 4) is 5.75 Å². The Morgan fingerprint density at radius 2 is 1.67 bits per heavy atom. The Balaban J connectivity index is 3.31. The average molecular weight is 317 g/mol. The molecule has 0 heterocycles. The Morgan fingerprint density at radius 3 is 2.10 bits per heavy atom. The van der Waals surface area contributed by atoms with Crippen molar-refractivity contribution >= 4 is 11.7 Å². The van der Waals surface area contributed by atoms with Crippen LogP contribution < -0.4 is 10.5 Å². The number of hydrogen-bond donors (Lipinski definition) is 1. The van der Waals surface area contributed by atoms with Gasteiger partial charge in [0.05, 0.1) is 12.8 Å². The molecule has 1 aromatic rings. The fraction of sp³-hybridized carbons (Fsp3) is 0.364. The number of nitrogens with two attached hydrogens (primary N) is 1. The van der Waals surface area contributed by atoms with Gasteiger partial charge in [0.2, 0.25) is 0 Å². The van der Waals surface area contributed by atoms with Gasteiger partial charge in [0.15, 0.2) is 5.75 Å². The van der Waals surface area contributed by atoms with Gasteiger partial charge >= 0.3 is 18.3 Å². The number of carbonyl (C=O) groups excluding carboxylic acids is 1. The van der Waals surface area contributed by atoms with Crippen molar-refractivity contribution in [1.82, 2.24) is 0 Å². The molecule has 21 heavy (non-hydrogen) atoms. The summed E-state index contributed by atoms with van der Waals surface area (Å²) in [4.78, 5) is 11.3. The molecule has 0 bridgehead atoms. The lowest BCUT2D eigenvalue weighted by atomic mass is 10.1. The van der Waals surface area contributed by atoms with Gasteiger partial charge in [0, 0.05) is 0 Å². The van der Waals surface area contributed by atoms with Crippen LogP contribution in [0.25, 0.3) is 0 Å². The van der Waals surface area contributed by atoms with Crippen molar-refractivity contribution in [2.75, 3.05) is 12.8 Å². The summed E-state index contributed by atoms with van der Waals surface area (Å²) in [5.74, 6) is -2.22. The van der Waals surface area contributed by atoms with Crippen LogP contribution in [-0.2, 0) is 4.74 Å². The molecule has 0 fully saturated rings.